The van der Waals surface area contributed by atoms with Gasteiger partial charge in [-0.3, -0.25) is 0 Å². The van der Waals surface area contributed by atoms with Crippen molar-refractivity contribution in [1.29, 1.82) is 5.26 Å². The Kier molecular flexibility index (Phi) is 4.92. The zero-order valence-corrected chi connectivity index (χ0v) is 14.4. The summed E-state index contributed by atoms with van der Waals surface area (Å²) < 4.78 is 1.74. The van der Waals surface area contributed by atoms with E-state index in [9.17, 15) is 0 Å². The van der Waals surface area contributed by atoms with Crippen molar-refractivity contribution in [2.45, 2.75) is 30.7 Å². The molecule has 0 fully saturated rings. The molecular weight excluding hydrogens is 318 g/mol. The van der Waals surface area contributed by atoms with Gasteiger partial charge >= 0.3 is 0 Å². The lowest BCUT2D eigenvalue weighted by Crippen LogP contribution is -2.00. The molecule has 6 heteroatoms. The molecule has 0 bridgehead atoms. The monoisotopic (exact) mass is 335 g/mol. The van der Waals surface area contributed by atoms with Crippen LogP contribution in [0.5, 0.6) is 0 Å². The zero-order chi connectivity index (χ0) is 16.9. The minimum Gasteiger partial charge on any atom is -0.192 e. The van der Waals surface area contributed by atoms with Crippen LogP contribution in [-0.4, -0.2) is 20.2 Å². The quantitative estimate of drug-likeness (QED) is 0.660. The highest BCUT2D eigenvalue weighted by Crippen LogP contribution is 2.24. The number of rotatable bonds is 5. The number of thioether (sulfide) groups is 1. The minimum absolute atomic E-state index is 0.495. The summed E-state index contributed by atoms with van der Waals surface area (Å²) in [7, 11) is 0. The molecule has 1 aromatic heterocycles. The molecule has 0 aliphatic heterocycles. The molecule has 3 aromatic rings. The Morgan fingerprint density at radius 3 is 2.67 bits per heavy atom. The summed E-state index contributed by atoms with van der Waals surface area (Å²) >= 11 is 1.55. The van der Waals surface area contributed by atoms with Crippen LogP contribution >= 0.6 is 11.8 Å². The van der Waals surface area contributed by atoms with E-state index in [2.05, 4.69) is 47.6 Å². The lowest BCUT2D eigenvalue weighted by Gasteiger charge is -2.08. The average molecular weight is 335 g/mol. The van der Waals surface area contributed by atoms with Crippen LogP contribution in [0.3, 0.4) is 0 Å². The summed E-state index contributed by atoms with van der Waals surface area (Å²) in [6.07, 6.45) is 0. The molecule has 0 atom stereocenters. The fraction of sp³-hybridized carbons (Fsp3) is 0.222. The van der Waals surface area contributed by atoms with Gasteiger partial charge in [0, 0.05) is 5.75 Å². The summed E-state index contributed by atoms with van der Waals surface area (Å²) in [5.74, 6) is 1.20. The topological polar surface area (TPSA) is 67.4 Å². The third-order valence-corrected chi connectivity index (χ3v) is 4.66. The van der Waals surface area contributed by atoms with Gasteiger partial charge in [-0.15, -0.1) is 5.10 Å². The van der Waals surface area contributed by atoms with Gasteiger partial charge in [-0.2, -0.15) is 9.94 Å². The van der Waals surface area contributed by atoms with Gasteiger partial charge in [-0.05, 0) is 51.7 Å². The van der Waals surface area contributed by atoms with Gasteiger partial charge in [0.25, 0.3) is 0 Å². The maximum Gasteiger partial charge on any atom is 0.214 e. The zero-order valence-electron chi connectivity index (χ0n) is 13.5. The largest absolute Gasteiger partial charge is 0.214 e. The molecule has 24 heavy (non-hydrogen) atoms. The Balaban J connectivity index is 1.76. The second-order valence-electron chi connectivity index (χ2n) is 5.72. The second-order valence-corrected chi connectivity index (χ2v) is 6.66. The van der Waals surface area contributed by atoms with Gasteiger partial charge < -0.3 is 0 Å². The van der Waals surface area contributed by atoms with Gasteiger partial charge in [0.05, 0.1) is 17.3 Å². The molecule has 0 N–H and O–H groups in total. The van der Waals surface area contributed by atoms with Crippen molar-refractivity contribution in [1.82, 2.24) is 20.2 Å². The van der Waals surface area contributed by atoms with Crippen molar-refractivity contribution in [3.05, 3.63) is 65.2 Å². The first-order chi connectivity index (χ1) is 11.7. The molecule has 0 amide bonds. The van der Waals surface area contributed by atoms with Crippen molar-refractivity contribution < 1.29 is 0 Å². The smallest absolute Gasteiger partial charge is 0.192 e. The molecule has 0 saturated carbocycles. The van der Waals surface area contributed by atoms with Crippen LogP contribution in [0, 0.1) is 11.3 Å². The third-order valence-electron chi connectivity index (χ3n) is 3.67. The third kappa shape index (κ3) is 3.63. The summed E-state index contributed by atoms with van der Waals surface area (Å²) in [6.45, 7) is 4.34. The number of nitrogens with zero attached hydrogens (tertiary/aromatic N) is 5. The Morgan fingerprint density at radius 1 is 1.17 bits per heavy atom. The molecule has 1 heterocycles. The number of nitriles is 1. The van der Waals surface area contributed by atoms with Gasteiger partial charge in [0.2, 0.25) is 5.16 Å². The number of tetrazole rings is 1. The van der Waals surface area contributed by atoms with Crippen molar-refractivity contribution >= 4 is 11.8 Å². The van der Waals surface area contributed by atoms with Crippen LogP contribution in [0.4, 0.5) is 0 Å². The summed E-state index contributed by atoms with van der Waals surface area (Å²) in [5.41, 5.74) is 3.97. The van der Waals surface area contributed by atoms with Crippen molar-refractivity contribution in [3.63, 3.8) is 0 Å². The predicted molar refractivity (Wildman–Crippen MR) is 94.0 cm³/mol. The van der Waals surface area contributed by atoms with Gasteiger partial charge in [0.1, 0.15) is 0 Å². The van der Waals surface area contributed by atoms with Gasteiger partial charge in [0.15, 0.2) is 0 Å². The van der Waals surface area contributed by atoms with E-state index in [-0.39, 0.29) is 0 Å². The number of benzene rings is 2. The van der Waals surface area contributed by atoms with Gasteiger partial charge in [-0.25, -0.2) is 0 Å². The fourth-order valence-electron chi connectivity index (χ4n) is 2.31. The molecule has 0 spiro atoms. The van der Waals surface area contributed by atoms with E-state index in [1.165, 1.54) is 5.56 Å². The molecule has 5 nitrogen and oxygen atoms in total. The SMILES string of the molecule is CC(C)c1ccc(-n2nnnc2SCc2cccc(C#N)c2)cc1. The molecule has 120 valence electrons. The standard InChI is InChI=1S/C18H17N5S/c1-13(2)16-6-8-17(9-7-16)23-18(20-21-22-23)24-12-15-5-3-4-14(10-15)11-19/h3-10,13H,12H2,1-2H3. The predicted octanol–water partition coefficient (Wildman–Crippen LogP) is 3.95. The Labute approximate surface area is 145 Å². The fourth-order valence-corrected chi connectivity index (χ4v) is 3.14. The first-order valence-electron chi connectivity index (χ1n) is 7.68. The second kappa shape index (κ2) is 7.28. The highest BCUT2D eigenvalue weighted by molar-refractivity contribution is 7.98. The summed E-state index contributed by atoms with van der Waals surface area (Å²) in [4.78, 5) is 0. The maximum atomic E-state index is 8.98. The summed E-state index contributed by atoms with van der Waals surface area (Å²) in [5, 5.41) is 21.7. The molecule has 2 aromatic carbocycles. The Bertz CT molecular complexity index is 862. The van der Waals surface area contributed by atoms with E-state index < -0.39 is 0 Å². The van der Waals surface area contributed by atoms with Crippen LogP contribution in [-0.2, 0) is 5.75 Å². The van der Waals surface area contributed by atoms with E-state index in [0.717, 1.165) is 16.4 Å². The molecule has 0 unspecified atom stereocenters. The Morgan fingerprint density at radius 2 is 1.96 bits per heavy atom. The van der Waals surface area contributed by atoms with E-state index in [1.807, 2.05) is 30.3 Å². The minimum atomic E-state index is 0.495. The molecule has 3 rings (SSSR count). The van der Waals surface area contributed by atoms with Gasteiger partial charge in [-0.1, -0.05) is 49.9 Å². The van der Waals surface area contributed by atoms with E-state index in [0.29, 0.717) is 17.2 Å². The molecular formula is C18H17N5S. The summed E-state index contributed by atoms with van der Waals surface area (Å²) in [6, 6.07) is 18.0. The lowest BCUT2D eigenvalue weighted by atomic mass is 10.0. The van der Waals surface area contributed by atoms with Crippen LogP contribution in [0.2, 0.25) is 0 Å². The van der Waals surface area contributed by atoms with E-state index in [1.54, 1.807) is 22.5 Å². The normalized spacial score (nSPS) is 10.8. The van der Waals surface area contributed by atoms with Crippen molar-refractivity contribution in [3.8, 4) is 11.8 Å². The van der Waals surface area contributed by atoms with Crippen molar-refractivity contribution in [2.24, 2.45) is 0 Å². The van der Waals surface area contributed by atoms with Crippen LogP contribution < -0.4 is 0 Å². The molecule has 0 radical (unpaired) electrons. The van der Waals surface area contributed by atoms with Crippen molar-refractivity contribution in [2.75, 3.05) is 0 Å². The van der Waals surface area contributed by atoms with Crippen LogP contribution in [0.1, 0.15) is 36.5 Å². The lowest BCUT2D eigenvalue weighted by molar-refractivity contribution is 0.754. The molecule has 0 aliphatic carbocycles. The first kappa shape index (κ1) is 16.2. The maximum absolute atomic E-state index is 8.98. The average Bonchev–Trinajstić information content (AvgIpc) is 3.09. The molecule has 0 aliphatic rings. The van der Waals surface area contributed by atoms with E-state index >= 15 is 0 Å². The number of hydrogen-bond acceptors (Lipinski definition) is 5. The highest BCUT2D eigenvalue weighted by atomic mass is 32.2. The van der Waals surface area contributed by atoms with Crippen LogP contribution in [0.25, 0.3) is 5.69 Å². The number of hydrogen-bond donors (Lipinski definition) is 0. The highest BCUT2D eigenvalue weighted by Gasteiger charge is 2.10. The van der Waals surface area contributed by atoms with E-state index in [4.69, 9.17) is 5.26 Å². The first-order valence-corrected chi connectivity index (χ1v) is 8.66. The number of aromatic nitrogens is 4. The van der Waals surface area contributed by atoms with Crippen LogP contribution in [0.15, 0.2) is 53.7 Å². The molecule has 0 saturated heterocycles. The Hall–Kier alpha value is -2.65.